The number of para-hydroxylation sites is 1. The van der Waals surface area contributed by atoms with Crippen LogP contribution in [0.4, 0.5) is 18.9 Å². The first-order valence-electron chi connectivity index (χ1n) is 6.44. The van der Waals surface area contributed by atoms with E-state index in [-0.39, 0.29) is 17.0 Å². The molecule has 0 N–H and O–H groups in total. The number of nitrogens with zero attached hydrogens (tertiary/aromatic N) is 1. The molecule has 0 aliphatic carbocycles. The molecule has 0 amide bonds. The largest absolute Gasteiger partial charge is 0.501 e. The van der Waals surface area contributed by atoms with Crippen LogP contribution in [0.1, 0.15) is 13.3 Å². The van der Waals surface area contributed by atoms with Gasteiger partial charge >= 0.3 is 5.51 Å². The van der Waals surface area contributed by atoms with Crippen molar-refractivity contribution in [1.29, 1.82) is 0 Å². The molecule has 1 aliphatic rings. The van der Waals surface area contributed by atoms with E-state index >= 15 is 0 Å². The lowest BCUT2D eigenvalue weighted by Gasteiger charge is -2.36. The average molecular weight is 342 g/mol. The number of rotatable bonds is 2. The van der Waals surface area contributed by atoms with Gasteiger partial charge in [-0.15, -0.1) is 11.6 Å². The molecule has 0 spiro atoms. The maximum absolute atomic E-state index is 12.8. The Bertz CT molecular complexity index is 618. The first-order valence-corrected chi connectivity index (χ1v) is 8.36. The van der Waals surface area contributed by atoms with Gasteiger partial charge in [0.2, 0.25) is 0 Å². The monoisotopic (exact) mass is 341 g/mol. The summed E-state index contributed by atoms with van der Waals surface area (Å²) in [4.78, 5) is 0.958. The zero-order valence-electron chi connectivity index (χ0n) is 11.3. The van der Waals surface area contributed by atoms with Crippen LogP contribution in [-0.2, 0) is 9.84 Å². The zero-order valence-corrected chi connectivity index (χ0v) is 12.8. The van der Waals surface area contributed by atoms with Crippen molar-refractivity contribution in [2.24, 2.45) is 5.92 Å². The van der Waals surface area contributed by atoms with Crippen LogP contribution in [0.5, 0.6) is 0 Å². The molecule has 21 heavy (non-hydrogen) atoms. The molecular weight excluding hydrogens is 327 g/mol. The maximum Gasteiger partial charge on any atom is 0.501 e. The molecule has 1 fully saturated rings. The summed E-state index contributed by atoms with van der Waals surface area (Å²) in [5.74, 6) is 0.0714. The number of alkyl halides is 4. The molecule has 8 heteroatoms. The molecule has 118 valence electrons. The Kier molecular flexibility index (Phi) is 4.44. The Morgan fingerprint density at radius 1 is 1.29 bits per heavy atom. The average Bonchev–Trinajstić information content (AvgIpc) is 2.40. The first-order chi connectivity index (χ1) is 9.64. The Morgan fingerprint density at radius 3 is 2.48 bits per heavy atom. The molecule has 0 saturated carbocycles. The SMILES string of the molecule is CC1CN(c2ccccc2S(=O)(=O)C(F)(F)F)CCC1Cl. The minimum atomic E-state index is -5.36. The highest BCUT2D eigenvalue weighted by Crippen LogP contribution is 2.37. The third-order valence-electron chi connectivity index (χ3n) is 3.60. The van der Waals surface area contributed by atoms with Crippen molar-refractivity contribution >= 4 is 27.1 Å². The maximum atomic E-state index is 12.8. The van der Waals surface area contributed by atoms with E-state index in [9.17, 15) is 21.6 Å². The van der Waals surface area contributed by atoms with Gasteiger partial charge in [-0.1, -0.05) is 19.1 Å². The molecule has 1 aromatic rings. The highest BCUT2D eigenvalue weighted by molar-refractivity contribution is 7.92. The van der Waals surface area contributed by atoms with Gasteiger partial charge in [0.15, 0.2) is 0 Å². The van der Waals surface area contributed by atoms with Crippen molar-refractivity contribution in [3.63, 3.8) is 0 Å². The zero-order chi connectivity index (χ0) is 15.8. The van der Waals surface area contributed by atoms with Crippen LogP contribution in [0.3, 0.4) is 0 Å². The van der Waals surface area contributed by atoms with E-state index in [1.54, 1.807) is 4.90 Å². The number of benzene rings is 1. The summed E-state index contributed by atoms with van der Waals surface area (Å²) >= 11 is 6.10. The van der Waals surface area contributed by atoms with Crippen LogP contribution in [0.25, 0.3) is 0 Å². The Labute approximate surface area is 126 Å². The van der Waals surface area contributed by atoms with Gasteiger partial charge in [0.05, 0.1) is 10.6 Å². The fourth-order valence-electron chi connectivity index (χ4n) is 2.41. The van der Waals surface area contributed by atoms with Gasteiger partial charge in [0, 0.05) is 18.5 Å². The van der Waals surface area contributed by atoms with E-state index in [1.807, 2.05) is 6.92 Å². The third kappa shape index (κ3) is 3.13. The quantitative estimate of drug-likeness (QED) is 0.773. The second-order valence-corrected chi connectivity index (χ2v) is 7.62. The standard InChI is InChI=1S/C13H15ClF3NO2S/c1-9-8-18(7-6-10(9)14)11-4-2-3-5-12(11)21(19,20)13(15,16)17/h2-5,9-10H,6-8H2,1H3. The molecule has 0 aromatic heterocycles. The molecule has 1 aliphatic heterocycles. The highest BCUT2D eigenvalue weighted by atomic mass is 35.5. The van der Waals surface area contributed by atoms with Gasteiger partial charge in [-0.3, -0.25) is 0 Å². The van der Waals surface area contributed by atoms with Crippen molar-refractivity contribution in [2.75, 3.05) is 18.0 Å². The molecule has 1 saturated heterocycles. The molecule has 1 heterocycles. The smallest absolute Gasteiger partial charge is 0.370 e. The van der Waals surface area contributed by atoms with Crippen LogP contribution >= 0.6 is 11.6 Å². The van der Waals surface area contributed by atoms with Crippen molar-refractivity contribution in [3.8, 4) is 0 Å². The predicted molar refractivity (Wildman–Crippen MR) is 75.3 cm³/mol. The first kappa shape index (κ1) is 16.4. The molecule has 2 unspecified atom stereocenters. The van der Waals surface area contributed by atoms with Crippen molar-refractivity contribution in [1.82, 2.24) is 0 Å². The Balaban J connectivity index is 2.44. The fraction of sp³-hybridized carbons (Fsp3) is 0.538. The Morgan fingerprint density at radius 2 is 1.90 bits per heavy atom. The van der Waals surface area contributed by atoms with Crippen LogP contribution in [-0.4, -0.2) is 32.4 Å². The number of piperidine rings is 1. The number of hydrogen-bond donors (Lipinski definition) is 0. The molecule has 1 aromatic carbocycles. The lowest BCUT2D eigenvalue weighted by atomic mass is 9.99. The van der Waals surface area contributed by atoms with E-state index in [1.165, 1.54) is 18.2 Å². The number of sulfone groups is 1. The third-order valence-corrected chi connectivity index (χ3v) is 5.78. The van der Waals surface area contributed by atoms with E-state index in [0.717, 1.165) is 6.07 Å². The molecular formula is C13H15ClF3NO2S. The van der Waals surface area contributed by atoms with Gasteiger partial charge < -0.3 is 4.90 Å². The summed E-state index contributed by atoms with van der Waals surface area (Å²) in [6, 6.07) is 5.22. The normalized spacial score (nSPS) is 24.1. The van der Waals surface area contributed by atoms with Gasteiger partial charge in [-0.2, -0.15) is 13.2 Å². The summed E-state index contributed by atoms with van der Waals surface area (Å²) in [5.41, 5.74) is -5.22. The number of halogens is 4. The summed E-state index contributed by atoms with van der Waals surface area (Å²) in [6.45, 7) is 2.76. The van der Waals surface area contributed by atoms with E-state index < -0.39 is 20.2 Å². The van der Waals surface area contributed by atoms with Gasteiger partial charge in [-0.25, -0.2) is 8.42 Å². The lowest BCUT2D eigenvalue weighted by Crippen LogP contribution is -2.41. The molecule has 3 nitrogen and oxygen atoms in total. The molecule has 0 bridgehead atoms. The minimum Gasteiger partial charge on any atom is -0.370 e. The fourth-order valence-corrected chi connectivity index (χ4v) is 3.56. The Hall–Kier alpha value is -0.950. The van der Waals surface area contributed by atoms with Gasteiger partial charge in [0.25, 0.3) is 9.84 Å². The predicted octanol–water partition coefficient (Wildman–Crippen LogP) is 3.43. The van der Waals surface area contributed by atoms with Crippen LogP contribution in [0, 0.1) is 5.92 Å². The highest BCUT2D eigenvalue weighted by Gasteiger charge is 2.48. The number of hydrogen-bond acceptors (Lipinski definition) is 3. The molecule has 0 radical (unpaired) electrons. The summed E-state index contributed by atoms with van der Waals surface area (Å²) in [5, 5.41) is -0.0485. The van der Waals surface area contributed by atoms with Crippen LogP contribution in [0.2, 0.25) is 0 Å². The summed E-state index contributed by atoms with van der Waals surface area (Å²) < 4.78 is 61.7. The van der Waals surface area contributed by atoms with Crippen LogP contribution < -0.4 is 4.90 Å². The summed E-state index contributed by atoms with van der Waals surface area (Å²) in [7, 11) is -5.36. The van der Waals surface area contributed by atoms with Crippen molar-refractivity contribution in [3.05, 3.63) is 24.3 Å². The van der Waals surface area contributed by atoms with E-state index in [0.29, 0.717) is 19.5 Å². The van der Waals surface area contributed by atoms with E-state index in [2.05, 4.69) is 0 Å². The molecule has 2 atom stereocenters. The second kappa shape index (κ2) is 5.68. The lowest BCUT2D eigenvalue weighted by molar-refractivity contribution is -0.0435. The van der Waals surface area contributed by atoms with Gasteiger partial charge in [0.1, 0.15) is 0 Å². The van der Waals surface area contributed by atoms with Gasteiger partial charge in [-0.05, 0) is 24.5 Å². The van der Waals surface area contributed by atoms with E-state index in [4.69, 9.17) is 11.6 Å². The number of anilines is 1. The van der Waals surface area contributed by atoms with Crippen molar-refractivity contribution in [2.45, 2.75) is 29.1 Å². The van der Waals surface area contributed by atoms with Crippen molar-refractivity contribution < 1.29 is 21.6 Å². The topological polar surface area (TPSA) is 37.4 Å². The summed E-state index contributed by atoms with van der Waals surface area (Å²) in [6.07, 6.45) is 0.600. The second-order valence-electron chi connectivity index (χ2n) is 5.14. The van der Waals surface area contributed by atoms with Crippen LogP contribution in [0.15, 0.2) is 29.2 Å². The molecule has 2 rings (SSSR count). The minimum absolute atomic E-state index is 0.0485.